The number of aromatic nitrogens is 4. The van der Waals surface area contributed by atoms with Crippen LogP contribution in [0.1, 0.15) is 63.4 Å². The van der Waals surface area contributed by atoms with E-state index in [1.807, 2.05) is 13.1 Å². The van der Waals surface area contributed by atoms with Crippen LogP contribution in [0.15, 0.2) is 24.5 Å². The fourth-order valence-corrected chi connectivity index (χ4v) is 4.32. The molecule has 0 saturated carbocycles. The van der Waals surface area contributed by atoms with Crippen LogP contribution in [0.5, 0.6) is 0 Å². The summed E-state index contributed by atoms with van der Waals surface area (Å²) in [5.41, 5.74) is 0.522. The highest BCUT2D eigenvalue weighted by Gasteiger charge is 2.46. The van der Waals surface area contributed by atoms with Crippen LogP contribution in [-0.4, -0.2) is 49.1 Å². The van der Waals surface area contributed by atoms with E-state index in [-0.39, 0.29) is 36.9 Å². The predicted octanol–water partition coefficient (Wildman–Crippen LogP) is 3.70. The number of carbonyl (C=O) groups excluding carboxylic acids is 1. The molecule has 1 fully saturated rings. The number of nitrogens with one attached hydrogen (secondary N) is 1. The van der Waals surface area contributed by atoms with Crippen molar-refractivity contribution in [3.05, 3.63) is 30.2 Å². The standard InChI is InChI=1S/C19H25F3N6O/c1-12-9-16(19(20,21)22)28-17(24-12)11-14(25-28)15-5-3-7-26(15)18(29)10-13(2)27-8-4-6-23-27/h4,6,8,11-13,15-16,24H,3,5,7,9-10H2,1-2H3/t12-,13-,15+,16-/m1/s1. The summed E-state index contributed by atoms with van der Waals surface area (Å²) >= 11 is 0. The molecule has 10 heteroatoms. The average Bonchev–Trinajstić information content (AvgIpc) is 3.38. The molecule has 0 aromatic carbocycles. The van der Waals surface area contributed by atoms with Crippen LogP contribution in [0.3, 0.4) is 0 Å². The van der Waals surface area contributed by atoms with Gasteiger partial charge in [-0.15, -0.1) is 0 Å². The first-order valence-corrected chi connectivity index (χ1v) is 9.95. The normalized spacial score (nSPS) is 25.6. The maximum atomic E-state index is 13.5. The van der Waals surface area contributed by atoms with Crippen LogP contribution in [0.2, 0.25) is 0 Å². The highest BCUT2D eigenvalue weighted by atomic mass is 19.4. The van der Waals surface area contributed by atoms with Gasteiger partial charge in [-0.05, 0) is 39.2 Å². The van der Waals surface area contributed by atoms with Gasteiger partial charge in [-0.3, -0.25) is 9.48 Å². The number of anilines is 1. The minimum Gasteiger partial charge on any atom is -0.368 e. The third kappa shape index (κ3) is 3.84. The Labute approximate surface area is 166 Å². The lowest BCUT2D eigenvalue weighted by Crippen LogP contribution is -2.38. The Kier molecular flexibility index (Phi) is 5.04. The van der Waals surface area contributed by atoms with Crippen molar-refractivity contribution < 1.29 is 18.0 Å². The zero-order valence-electron chi connectivity index (χ0n) is 16.4. The molecular formula is C19H25F3N6O. The number of halogens is 3. The minimum atomic E-state index is -4.36. The lowest BCUT2D eigenvalue weighted by atomic mass is 10.1. The summed E-state index contributed by atoms with van der Waals surface area (Å²) in [4.78, 5) is 14.7. The van der Waals surface area contributed by atoms with Crippen LogP contribution in [0.4, 0.5) is 19.0 Å². The van der Waals surface area contributed by atoms with Gasteiger partial charge in [0, 0.05) is 37.5 Å². The molecule has 4 atom stereocenters. The molecule has 2 aliphatic rings. The molecule has 4 rings (SSSR count). The van der Waals surface area contributed by atoms with E-state index in [1.165, 1.54) is 0 Å². The van der Waals surface area contributed by atoms with E-state index in [0.717, 1.165) is 11.1 Å². The molecule has 7 nitrogen and oxygen atoms in total. The molecule has 0 radical (unpaired) electrons. The lowest BCUT2D eigenvalue weighted by Gasteiger charge is -2.31. The highest BCUT2D eigenvalue weighted by molar-refractivity contribution is 5.77. The Morgan fingerprint density at radius 1 is 1.41 bits per heavy atom. The Bertz CT molecular complexity index is 862. The summed E-state index contributed by atoms with van der Waals surface area (Å²) in [7, 11) is 0. The topological polar surface area (TPSA) is 68.0 Å². The Balaban J connectivity index is 1.54. The van der Waals surface area contributed by atoms with E-state index in [1.54, 1.807) is 34.8 Å². The number of amides is 1. The smallest absolute Gasteiger partial charge is 0.368 e. The molecule has 0 aliphatic carbocycles. The first-order valence-electron chi connectivity index (χ1n) is 9.95. The third-order valence-electron chi connectivity index (χ3n) is 5.76. The molecule has 2 aromatic rings. The van der Waals surface area contributed by atoms with Crippen molar-refractivity contribution >= 4 is 11.7 Å². The fourth-order valence-electron chi connectivity index (χ4n) is 4.32. The number of carbonyl (C=O) groups is 1. The van der Waals surface area contributed by atoms with Gasteiger partial charge in [0.05, 0.1) is 17.8 Å². The Hall–Kier alpha value is -2.52. The molecule has 1 saturated heterocycles. The van der Waals surface area contributed by atoms with Crippen molar-refractivity contribution in [2.24, 2.45) is 0 Å². The first kappa shape index (κ1) is 19.8. The summed E-state index contributed by atoms with van der Waals surface area (Å²) in [5.74, 6) is 0.334. The summed E-state index contributed by atoms with van der Waals surface area (Å²) in [6, 6.07) is 1.15. The minimum absolute atomic E-state index is 0.0322. The van der Waals surface area contributed by atoms with Gasteiger partial charge in [0.15, 0.2) is 6.04 Å². The molecule has 1 N–H and O–H groups in total. The van der Waals surface area contributed by atoms with Crippen LogP contribution < -0.4 is 5.32 Å². The van der Waals surface area contributed by atoms with Gasteiger partial charge < -0.3 is 10.2 Å². The number of alkyl halides is 3. The summed E-state index contributed by atoms with van der Waals surface area (Å²) in [5, 5.41) is 11.6. The van der Waals surface area contributed by atoms with Crippen LogP contribution >= 0.6 is 0 Å². The molecule has 1 amide bonds. The number of nitrogens with zero attached hydrogens (tertiary/aromatic N) is 5. The SMILES string of the molecule is C[C@@H]1C[C@H](C(F)(F)F)n2nc([C@@H]3CCCN3C(=O)C[C@@H](C)n3cccn3)cc2N1. The van der Waals surface area contributed by atoms with Crippen molar-refractivity contribution in [2.75, 3.05) is 11.9 Å². The average molecular weight is 410 g/mol. The Morgan fingerprint density at radius 3 is 2.90 bits per heavy atom. The van der Waals surface area contributed by atoms with Gasteiger partial charge in [0.1, 0.15) is 5.82 Å². The highest BCUT2D eigenvalue weighted by Crippen LogP contribution is 2.41. The molecule has 0 spiro atoms. The molecule has 2 aromatic heterocycles. The molecule has 158 valence electrons. The maximum Gasteiger partial charge on any atom is 0.410 e. The van der Waals surface area contributed by atoms with Gasteiger partial charge in [-0.25, -0.2) is 4.68 Å². The van der Waals surface area contributed by atoms with Crippen molar-refractivity contribution in [1.29, 1.82) is 0 Å². The first-order chi connectivity index (χ1) is 13.7. The van der Waals surface area contributed by atoms with Crippen LogP contribution in [-0.2, 0) is 4.79 Å². The number of hydrogen-bond donors (Lipinski definition) is 1. The third-order valence-corrected chi connectivity index (χ3v) is 5.76. The molecular weight excluding hydrogens is 385 g/mol. The quantitative estimate of drug-likeness (QED) is 0.835. The van der Waals surface area contributed by atoms with Gasteiger partial charge in [0.2, 0.25) is 5.91 Å². The predicted molar refractivity (Wildman–Crippen MR) is 100 cm³/mol. The van der Waals surface area contributed by atoms with Gasteiger partial charge >= 0.3 is 6.18 Å². The van der Waals surface area contributed by atoms with E-state index < -0.39 is 12.2 Å². The van der Waals surface area contributed by atoms with Crippen LogP contribution in [0, 0.1) is 0 Å². The number of fused-ring (bicyclic) bond motifs is 1. The van der Waals surface area contributed by atoms with Gasteiger partial charge in [-0.2, -0.15) is 23.4 Å². The van der Waals surface area contributed by atoms with Crippen molar-refractivity contribution in [2.45, 2.75) is 69.9 Å². The summed E-state index contributed by atoms with van der Waals surface area (Å²) < 4.78 is 43.3. The molecule has 0 bridgehead atoms. The van der Waals surface area contributed by atoms with E-state index in [4.69, 9.17) is 0 Å². The van der Waals surface area contributed by atoms with Crippen LogP contribution in [0.25, 0.3) is 0 Å². The summed E-state index contributed by atoms with van der Waals surface area (Å²) in [6.07, 6.45) is 0.844. The monoisotopic (exact) mass is 410 g/mol. The van der Waals surface area contributed by atoms with E-state index in [0.29, 0.717) is 24.5 Å². The van der Waals surface area contributed by atoms with Crippen molar-refractivity contribution in [3.8, 4) is 0 Å². The van der Waals surface area contributed by atoms with E-state index in [2.05, 4.69) is 15.5 Å². The Morgan fingerprint density at radius 2 is 2.21 bits per heavy atom. The van der Waals surface area contributed by atoms with Crippen molar-refractivity contribution in [1.82, 2.24) is 24.5 Å². The van der Waals surface area contributed by atoms with Gasteiger partial charge in [-0.1, -0.05) is 0 Å². The van der Waals surface area contributed by atoms with E-state index >= 15 is 0 Å². The van der Waals surface area contributed by atoms with Crippen molar-refractivity contribution in [3.63, 3.8) is 0 Å². The second kappa shape index (κ2) is 7.38. The molecule has 29 heavy (non-hydrogen) atoms. The zero-order valence-corrected chi connectivity index (χ0v) is 16.4. The molecule has 0 unspecified atom stereocenters. The zero-order chi connectivity index (χ0) is 20.8. The second-order valence-electron chi connectivity index (χ2n) is 8.02. The number of rotatable bonds is 4. The fraction of sp³-hybridized carbons (Fsp3) is 0.632. The van der Waals surface area contributed by atoms with E-state index in [9.17, 15) is 18.0 Å². The lowest BCUT2D eigenvalue weighted by molar-refractivity contribution is -0.173. The largest absolute Gasteiger partial charge is 0.410 e. The number of likely N-dealkylation sites (tertiary alicyclic amines) is 1. The molecule has 2 aliphatic heterocycles. The second-order valence-corrected chi connectivity index (χ2v) is 8.02. The summed E-state index contributed by atoms with van der Waals surface area (Å²) in [6.45, 7) is 4.24. The maximum absolute atomic E-state index is 13.5. The number of hydrogen-bond acceptors (Lipinski definition) is 4. The molecule has 4 heterocycles. The van der Waals surface area contributed by atoms with Gasteiger partial charge in [0.25, 0.3) is 0 Å².